The number of anilines is 1. The molecule has 2 aromatic heterocycles. The summed E-state index contributed by atoms with van der Waals surface area (Å²) in [4.78, 5) is 28.5. The van der Waals surface area contributed by atoms with Crippen molar-refractivity contribution < 1.29 is 29.3 Å². The third-order valence-corrected chi connectivity index (χ3v) is 5.59. The molecule has 1 amide bonds. The average molecular weight is 465 g/mol. The highest BCUT2D eigenvalue weighted by atomic mass is 16.6. The molecular formula is C23H23N5O6. The Morgan fingerprint density at radius 1 is 1.26 bits per heavy atom. The minimum absolute atomic E-state index is 0.117. The Balaban J connectivity index is 1.65. The summed E-state index contributed by atoms with van der Waals surface area (Å²) in [5.74, 6) is -1.10. The van der Waals surface area contributed by atoms with Crippen molar-refractivity contribution in [2.24, 2.45) is 5.92 Å². The lowest BCUT2D eigenvalue weighted by atomic mass is 9.92. The molecule has 1 aromatic carbocycles. The molecule has 0 spiro atoms. The average Bonchev–Trinajstić information content (AvgIpc) is 3.39. The molecule has 0 unspecified atom stereocenters. The first-order chi connectivity index (χ1) is 16.3. The predicted octanol–water partition coefficient (Wildman–Crippen LogP) is 1.02. The summed E-state index contributed by atoms with van der Waals surface area (Å²) >= 11 is 0. The Morgan fingerprint density at radius 2 is 2.00 bits per heavy atom. The molecule has 11 heteroatoms. The number of amides is 1. The third kappa shape index (κ3) is 3.99. The van der Waals surface area contributed by atoms with Gasteiger partial charge in [-0.05, 0) is 24.3 Å². The topological polar surface area (TPSA) is 159 Å². The summed E-state index contributed by atoms with van der Waals surface area (Å²) < 4.78 is 12.2. The Hall–Kier alpha value is -3.85. The molecule has 176 valence electrons. The van der Waals surface area contributed by atoms with Gasteiger partial charge in [0.05, 0.1) is 11.6 Å². The van der Waals surface area contributed by atoms with Gasteiger partial charge in [-0.15, -0.1) is 0 Å². The van der Waals surface area contributed by atoms with Crippen molar-refractivity contribution in [3.8, 4) is 6.07 Å². The van der Waals surface area contributed by atoms with Crippen LogP contribution >= 0.6 is 0 Å². The number of esters is 1. The standard InChI is InChI=1S/C23H23N5O6/c1-13(2)22(32)33-10-16-18(29)19(30)23(11-24,34-16)17-9-8-15-20(25-12-26-28(15)17)27-21(31)14-6-4-3-5-7-14/h3-9,12-13,16,18-19,29-30H,10H2,1-2H3,(H,25,26,27,31)/t16-,18-,19-,23+/m1/s1. The molecule has 4 rings (SSSR count). The minimum atomic E-state index is -2.00. The molecule has 0 radical (unpaired) electrons. The number of aliphatic hydroxyl groups excluding tert-OH is 2. The van der Waals surface area contributed by atoms with Crippen molar-refractivity contribution in [3.63, 3.8) is 0 Å². The van der Waals surface area contributed by atoms with E-state index in [9.17, 15) is 25.1 Å². The van der Waals surface area contributed by atoms with E-state index in [1.54, 1.807) is 50.2 Å². The second kappa shape index (κ2) is 9.18. The van der Waals surface area contributed by atoms with E-state index in [0.29, 0.717) is 11.1 Å². The number of aromatic nitrogens is 3. The number of ether oxygens (including phenoxy) is 2. The van der Waals surface area contributed by atoms with Crippen LogP contribution in [0.3, 0.4) is 0 Å². The molecule has 0 bridgehead atoms. The van der Waals surface area contributed by atoms with Crippen molar-refractivity contribution in [1.82, 2.24) is 14.6 Å². The number of nitrogens with zero attached hydrogens (tertiary/aromatic N) is 4. The molecule has 0 aliphatic carbocycles. The molecule has 1 aliphatic rings. The van der Waals surface area contributed by atoms with E-state index in [2.05, 4.69) is 15.4 Å². The molecule has 3 N–H and O–H groups in total. The van der Waals surface area contributed by atoms with E-state index < -0.39 is 35.8 Å². The van der Waals surface area contributed by atoms with Crippen molar-refractivity contribution in [3.05, 3.63) is 60.0 Å². The minimum Gasteiger partial charge on any atom is -0.463 e. The van der Waals surface area contributed by atoms with Crippen LogP contribution in [-0.2, 0) is 19.9 Å². The Labute approximate surface area is 194 Å². The van der Waals surface area contributed by atoms with Crippen LogP contribution in [0.4, 0.5) is 5.82 Å². The van der Waals surface area contributed by atoms with Crippen molar-refractivity contribution in [1.29, 1.82) is 5.26 Å². The zero-order valence-corrected chi connectivity index (χ0v) is 18.5. The van der Waals surface area contributed by atoms with Crippen molar-refractivity contribution in [2.75, 3.05) is 11.9 Å². The lowest BCUT2D eigenvalue weighted by Gasteiger charge is -2.24. The summed E-state index contributed by atoms with van der Waals surface area (Å²) in [5.41, 5.74) is -1.12. The van der Waals surface area contributed by atoms with Gasteiger partial charge in [0.15, 0.2) is 5.82 Å². The molecule has 1 saturated heterocycles. The molecule has 3 aromatic rings. The first-order valence-electron chi connectivity index (χ1n) is 10.6. The van der Waals surface area contributed by atoms with Gasteiger partial charge in [0.1, 0.15) is 42.8 Å². The number of hydrogen-bond acceptors (Lipinski definition) is 9. The smallest absolute Gasteiger partial charge is 0.308 e. The zero-order valence-electron chi connectivity index (χ0n) is 18.5. The monoisotopic (exact) mass is 465 g/mol. The lowest BCUT2D eigenvalue weighted by Crippen LogP contribution is -2.41. The number of hydrogen-bond donors (Lipinski definition) is 3. The highest BCUT2D eigenvalue weighted by molar-refractivity contribution is 6.05. The highest BCUT2D eigenvalue weighted by Crippen LogP contribution is 2.40. The van der Waals surface area contributed by atoms with E-state index >= 15 is 0 Å². The van der Waals surface area contributed by atoms with E-state index in [1.807, 2.05) is 6.07 Å². The number of nitrogens with one attached hydrogen (secondary N) is 1. The van der Waals surface area contributed by atoms with Crippen molar-refractivity contribution >= 4 is 23.2 Å². The summed E-state index contributed by atoms with van der Waals surface area (Å²) in [5, 5.41) is 38.2. The Bertz CT molecular complexity index is 1250. The van der Waals surface area contributed by atoms with Gasteiger partial charge in [-0.25, -0.2) is 9.50 Å². The van der Waals surface area contributed by atoms with Crippen LogP contribution < -0.4 is 5.32 Å². The molecule has 1 aliphatic heterocycles. The highest BCUT2D eigenvalue weighted by Gasteiger charge is 2.57. The molecule has 1 fully saturated rings. The Kier molecular flexibility index (Phi) is 6.30. The Morgan fingerprint density at radius 3 is 2.68 bits per heavy atom. The van der Waals surface area contributed by atoms with Crippen LogP contribution in [-0.4, -0.2) is 61.6 Å². The van der Waals surface area contributed by atoms with Gasteiger partial charge in [0, 0.05) is 5.56 Å². The van der Waals surface area contributed by atoms with E-state index in [4.69, 9.17) is 9.47 Å². The van der Waals surface area contributed by atoms with Gasteiger partial charge in [0.2, 0.25) is 5.60 Å². The van der Waals surface area contributed by atoms with Crippen LogP contribution in [0.25, 0.3) is 5.52 Å². The largest absolute Gasteiger partial charge is 0.463 e. The van der Waals surface area contributed by atoms with Crippen LogP contribution in [0.5, 0.6) is 0 Å². The lowest BCUT2D eigenvalue weighted by molar-refractivity contribution is -0.154. The van der Waals surface area contributed by atoms with Crippen molar-refractivity contribution in [2.45, 2.75) is 37.8 Å². The van der Waals surface area contributed by atoms with Gasteiger partial charge < -0.3 is 25.0 Å². The molecular weight excluding hydrogens is 442 g/mol. The van der Waals surface area contributed by atoms with Gasteiger partial charge in [-0.1, -0.05) is 32.0 Å². The summed E-state index contributed by atoms with van der Waals surface area (Å²) in [7, 11) is 0. The van der Waals surface area contributed by atoms with E-state index in [0.717, 1.165) is 0 Å². The maximum atomic E-state index is 12.6. The maximum Gasteiger partial charge on any atom is 0.308 e. The number of aliphatic hydroxyl groups is 2. The van der Waals surface area contributed by atoms with Gasteiger partial charge in [-0.3, -0.25) is 9.59 Å². The van der Waals surface area contributed by atoms with Gasteiger partial charge in [0.25, 0.3) is 5.91 Å². The SMILES string of the molecule is CC(C)C(=O)OC[C@H]1O[C@@](C#N)(c2ccc3c(NC(=O)c4ccccc4)ncnn23)[C@H](O)[C@@H]1O. The number of benzene rings is 1. The van der Waals surface area contributed by atoms with Crippen LogP contribution in [0.1, 0.15) is 29.9 Å². The third-order valence-electron chi connectivity index (χ3n) is 5.59. The predicted molar refractivity (Wildman–Crippen MR) is 117 cm³/mol. The fourth-order valence-electron chi connectivity index (χ4n) is 3.73. The summed E-state index contributed by atoms with van der Waals surface area (Å²) in [6.07, 6.45) is -3.11. The van der Waals surface area contributed by atoms with Crippen LogP contribution in [0.15, 0.2) is 48.8 Å². The molecule has 4 atom stereocenters. The normalized spacial score (nSPS) is 24.2. The van der Waals surface area contributed by atoms with Crippen LogP contribution in [0.2, 0.25) is 0 Å². The summed E-state index contributed by atoms with van der Waals surface area (Å²) in [6.45, 7) is 2.97. The number of rotatable bonds is 6. The first-order valence-corrected chi connectivity index (χ1v) is 10.6. The second-order valence-electron chi connectivity index (χ2n) is 8.17. The first kappa shape index (κ1) is 23.3. The molecule has 34 heavy (non-hydrogen) atoms. The second-order valence-corrected chi connectivity index (χ2v) is 8.17. The number of fused-ring (bicyclic) bond motifs is 1. The van der Waals surface area contributed by atoms with Crippen LogP contribution in [0, 0.1) is 17.2 Å². The van der Waals surface area contributed by atoms with Gasteiger partial charge >= 0.3 is 5.97 Å². The maximum absolute atomic E-state index is 12.6. The zero-order chi connectivity index (χ0) is 24.5. The number of nitriles is 1. The fraction of sp³-hybridized carbons (Fsp3) is 0.348. The van der Waals surface area contributed by atoms with E-state index in [-0.39, 0.29) is 24.0 Å². The number of carbonyl (C=O) groups is 2. The van der Waals surface area contributed by atoms with E-state index in [1.165, 1.54) is 16.9 Å². The number of carbonyl (C=O) groups excluding carboxylic acids is 2. The fourth-order valence-corrected chi connectivity index (χ4v) is 3.73. The van der Waals surface area contributed by atoms with Gasteiger partial charge in [-0.2, -0.15) is 10.4 Å². The molecule has 11 nitrogen and oxygen atoms in total. The quantitative estimate of drug-likeness (QED) is 0.452. The summed E-state index contributed by atoms with van der Waals surface area (Å²) in [6, 6.07) is 13.5. The molecule has 3 heterocycles. The molecule has 0 saturated carbocycles.